The molecule has 0 bridgehead atoms. The van der Waals surface area contributed by atoms with E-state index in [2.05, 4.69) is 174 Å². The molecule has 3 aromatic rings. The van der Waals surface area contributed by atoms with Crippen molar-refractivity contribution in [1.29, 1.82) is 0 Å². The Balaban J connectivity index is 1.08. The van der Waals surface area contributed by atoms with Crippen molar-refractivity contribution in [3.8, 4) is 0 Å². The number of hydrogen-bond acceptors (Lipinski definition) is 2. The minimum Gasteiger partial charge on any atom is -0.337 e. The molecule has 2 heteroatoms. The molecule has 0 aromatic heterocycles. The first-order valence-electron chi connectivity index (χ1n) is 19.1. The van der Waals surface area contributed by atoms with Gasteiger partial charge in [0.2, 0.25) is 0 Å². The zero-order chi connectivity index (χ0) is 33.0. The molecule has 2 heterocycles. The van der Waals surface area contributed by atoms with Gasteiger partial charge in [0.15, 0.2) is 0 Å². The van der Waals surface area contributed by atoms with Crippen LogP contribution in [0.15, 0.2) is 170 Å². The molecule has 50 heavy (non-hydrogen) atoms. The van der Waals surface area contributed by atoms with Crippen molar-refractivity contribution in [3.63, 3.8) is 0 Å². The first kappa shape index (κ1) is 30.2. The molecule has 9 atom stereocenters. The van der Waals surface area contributed by atoms with E-state index in [1.54, 1.807) is 0 Å². The van der Waals surface area contributed by atoms with Crippen LogP contribution in [0.3, 0.4) is 0 Å². The summed E-state index contributed by atoms with van der Waals surface area (Å²) < 4.78 is 0. The van der Waals surface area contributed by atoms with Crippen LogP contribution in [0.5, 0.6) is 0 Å². The van der Waals surface area contributed by atoms with Gasteiger partial charge in [-0.05, 0) is 60.3 Å². The summed E-state index contributed by atoms with van der Waals surface area (Å²) in [5, 5.41) is 0. The third-order valence-corrected chi connectivity index (χ3v) is 12.8. The molecule has 2 aliphatic heterocycles. The van der Waals surface area contributed by atoms with Gasteiger partial charge in [-0.25, -0.2) is 0 Å². The molecule has 0 spiro atoms. The fraction of sp³-hybridized carbons (Fsp3) is 0.292. The normalized spacial score (nSPS) is 33.4. The zero-order valence-corrected chi connectivity index (χ0v) is 28.7. The predicted molar refractivity (Wildman–Crippen MR) is 208 cm³/mol. The number of hydrogen-bond donors (Lipinski definition) is 0. The van der Waals surface area contributed by atoms with Crippen LogP contribution in [0.2, 0.25) is 0 Å². The van der Waals surface area contributed by atoms with Gasteiger partial charge in [0.05, 0.1) is 11.7 Å². The summed E-state index contributed by atoms with van der Waals surface area (Å²) in [4.78, 5) is 5.64. The van der Waals surface area contributed by atoms with Crippen LogP contribution in [-0.2, 0) is 0 Å². The summed E-state index contributed by atoms with van der Waals surface area (Å²) >= 11 is 0. The molecule has 2 nitrogen and oxygen atoms in total. The number of fused-ring (bicyclic) bond motifs is 6. The van der Waals surface area contributed by atoms with Gasteiger partial charge in [0.25, 0.3) is 0 Å². The Labute approximate surface area is 297 Å². The second-order valence-electron chi connectivity index (χ2n) is 15.4. The average Bonchev–Trinajstić information content (AvgIpc) is 3.71. The molecule has 1 saturated heterocycles. The summed E-state index contributed by atoms with van der Waals surface area (Å²) in [6, 6.07) is 31.4. The van der Waals surface area contributed by atoms with Crippen LogP contribution in [0.4, 0.5) is 5.69 Å². The standard InChI is InChI=1S/C48H46N2/c1-4-15-33(16-5-1)36-29-37(34-17-6-2-7-18-34)31-39(30-36)50-46-26-13-10-21-41(46)43-24-14-23-40(48(43)50)35-27-28-47-44(32-35)42-22-11-12-25-45(42)49(47)38-19-8-3-9-20-38/h1-11,13-19,21-24,26-28,30,32,36-38,41-42,44-47H,12,20,25,29,31H2. The van der Waals surface area contributed by atoms with Gasteiger partial charge >= 0.3 is 0 Å². The third kappa shape index (κ3) is 5.03. The van der Waals surface area contributed by atoms with Gasteiger partial charge < -0.3 is 4.90 Å². The lowest BCUT2D eigenvalue weighted by atomic mass is 9.77. The quantitative estimate of drug-likeness (QED) is 0.254. The molecule has 5 aliphatic carbocycles. The summed E-state index contributed by atoms with van der Waals surface area (Å²) in [5.41, 5.74) is 10.0. The minimum atomic E-state index is 0.285. The Morgan fingerprint density at radius 2 is 1.46 bits per heavy atom. The van der Waals surface area contributed by atoms with Crippen molar-refractivity contribution in [3.05, 3.63) is 192 Å². The molecular formula is C48H46N2. The maximum Gasteiger partial charge on any atom is 0.0626 e. The molecule has 0 saturated carbocycles. The zero-order valence-electron chi connectivity index (χ0n) is 28.7. The SMILES string of the molecule is C1=CCC(N2C3C=CC(c4cccc5c4N(C4=CC(c6ccccc6)CC(c6ccccc6)C4)C4C=CC=CC54)=CC3C3C=CCCC32)C=C1. The summed E-state index contributed by atoms with van der Waals surface area (Å²) in [7, 11) is 0. The Morgan fingerprint density at radius 3 is 2.30 bits per heavy atom. The van der Waals surface area contributed by atoms with E-state index in [4.69, 9.17) is 0 Å². The lowest BCUT2D eigenvalue weighted by Gasteiger charge is -2.38. The highest BCUT2D eigenvalue weighted by Gasteiger charge is 2.49. The van der Waals surface area contributed by atoms with Crippen molar-refractivity contribution < 1.29 is 0 Å². The number of allylic oxidation sites excluding steroid dienone is 9. The molecule has 0 amide bonds. The molecule has 1 fully saturated rings. The number of likely N-dealkylation sites (tertiary alicyclic amines) is 1. The van der Waals surface area contributed by atoms with Gasteiger partial charge in [-0.1, -0.05) is 164 Å². The van der Waals surface area contributed by atoms with E-state index in [1.807, 2.05) is 0 Å². The topological polar surface area (TPSA) is 6.48 Å². The number of anilines is 1. The molecule has 10 rings (SSSR count). The number of rotatable bonds is 5. The van der Waals surface area contributed by atoms with Crippen LogP contribution in [-0.4, -0.2) is 29.1 Å². The van der Waals surface area contributed by atoms with Gasteiger partial charge in [0.1, 0.15) is 0 Å². The molecule has 7 aliphatic rings. The molecule has 0 N–H and O–H groups in total. The smallest absolute Gasteiger partial charge is 0.0626 e. The van der Waals surface area contributed by atoms with E-state index < -0.39 is 0 Å². The monoisotopic (exact) mass is 650 g/mol. The van der Waals surface area contributed by atoms with E-state index in [1.165, 1.54) is 52.1 Å². The van der Waals surface area contributed by atoms with E-state index in [0.717, 1.165) is 19.3 Å². The van der Waals surface area contributed by atoms with E-state index in [9.17, 15) is 0 Å². The average molecular weight is 651 g/mol. The summed E-state index contributed by atoms with van der Waals surface area (Å²) in [6.07, 6.45) is 39.8. The molecule has 3 aromatic carbocycles. The summed E-state index contributed by atoms with van der Waals surface area (Å²) in [6.45, 7) is 0. The number of para-hydroxylation sites is 1. The van der Waals surface area contributed by atoms with Crippen molar-refractivity contribution in [2.75, 3.05) is 4.90 Å². The Bertz CT molecular complexity index is 2000. The van der Waals surface area contributed by atoms with Gasteiger partial charge in [0, 0.05) is 53.1 Å². The molecule has 0 radical (unpaired) electrons. The van der Waals surface area contributed by atoms with E-state index >= 15 is 0 Å². The van der Waals surface area contributed by atoms with Crippen LogP contribution in [0, 0.1) is 11.8 Å². The highest BCUT2D eigenvalue weighted by atomic mass is 15.3. The number of benzene rings is 3. The lowest BCUT2D eigenvalue weighted by Crippen LogP contribution is -2.44. The first-order valence-corrected chi connectivity index (χ1v) is 19.1. The summed E-state index contributed by atoms with van der Waals surface area (Å²) in [5.74, 6) is 2.25. The minimum absolute atomic E-state index is 0.285. The van der Waals surface area contributed by atoms with Gasteiger partial charge in [-0.15, -0.1) is 0 Å². The lowest BCUT2D eigenvalue weighted by molar-refractivity contribution is 0.157. The number of nitrogens with zero attached hydrogens (tertiary/aromatic N) is 2. The van der Waals surface area contributed by atoms with Crippen molar-refractivity contribution in [1.82, 2.24) is 4.90 Å². The van der Waals surface area contributed by atoms with Crippen molar-refractivity contribution >= 4 is 11.3 Å². The Kier molecular flexibility index (Phi) is 7.60. The van der Waals surface area contributed by atoms with Crippen molar-refractivity contribution in [2.24, 2.45) is 11.8 Å². The van der Waals surface area contributed by atoms with E-state index in [0.29, 0.717) is 47.7 Å². The first-order chi connectivity index (χ1) is 24.8. The largest absolute Gasteiger partial charge is 0.337 e. The third-order valence-electron chi connectivity index (χ3n) is 12.8. The fourth-order valence-corrected chi connectivity index (χ4v) is 10.6. The highest BCUT2D eigenvalue weighted by Crippen LogP contribution is 2.54. The second kappa shape index (κ2) is 12.6. The Hall–Kier alpha value is -4.66. The van der Waals surface area contributed by atoms with Gasteiger partial charge in [-0.2, -0.15) is 0 Å². The molecule has 248 valence electrons. The second-order valence-corrected chi connectivity index (χ2v) is 15.4. The van der Waals surface area contributed by atoms with Crippen LogP contribution in [0.1, 0.15) is 72.1 Å². The van der Waals surface area contributed by atoms with Crippen LogP contribution < -0.4 is 4.90 Å². The molecular weight excluding hydrogens is 605 g/mol. The van der Waals surface area contributed by atoms with E-state index in [-0.39, 0.29) is 6.04 Å². The van der Waals surface area contributed by atoms with Gasteiger partial charge in [-0.3, -0.25) is 4.90 Å². The molecule has 9 unspecified atom stereocenters. The van der Waals surface area contributed by atoms with Crippen LogP contribution >= 0.6 is 0 Å². The highest BCUT2D eigenvalue weighted by molar-refractivity contribution is 5.88. The maximum atomic E-state index is 2.87. The van der Waals surface area contributed by atoms with Crippen LogP contribution in [0.25, 0.3) is 5.57 Å². The fourth-order valence-electron chi connectivity index (χ4n) is 10.6. The Morgan fingerprint density at radius 1 is 0.640 bits per heavy atom. The van der Waals surface area contributed by atoms with Crippen molar-refractivity contribution in [2.45, 2.75) is 74.0 Å². The predicted octanol–water partition coefficient (Wildman–Crippen LogP) is 10.8. The maximum absolute atomic E-state index is 2.87.